The monoisotopic (exact) mass is 240 g/mol. The molecular formula is C8H12N6OS. The van der Waals surface area contributed by atoms with Crippen molar-refractivity contribution in [2.45, 2.75) is 19.6 Å². The topological polar surface area (TPSA) is 84.6 Å². The summed E-state index contributed by atoms with van der Waals surface area (Å²) in [7, 11) is 1.86. The summed E-state index contributed by atoms with van der Waals surface area (Å²) in [5, 5.41) is 23.6. The average molecular weight is 240 g/mol. The van der Waals surface area contributed by atoms with Crippen LogP contribution in [0.5, 0.6) is 0 Å². The van der Waals surface area contributed by atoms with E-state index < -0.39 is 0 Å². The molecule has 0 saturated heterocycles. The van der Waals surface area contributed by atoms with Crippen molar-refractivity contribution in [1.29, 1.82) is 0 Å². The van der Waals surface area contributed by atoms with E-state index in [-0.39, 0.29) is 12.6 Å². The highest BCUT2D eigenvalue weighted by atomic mass is 32.1. The number of hydrogen-bond donors (Lipinski definition) is 2. The summed E-state index contributed by atoms with van der Waals surface area (Å²) in [4.78, 5) is 0. The summed E-state index contributed by atoms with van der Waals surface area (Å²) < 4.78 is 3.99. The van der Waals surface area contributed by atoms with Crippen LogP contribution in [-0.4, -0.2) is 34.6 Å². The van der Waals surface area contributed by atoms with Crippen molar-refractivity contribution in [2.75, 3.05) is 0 Å². The minimum atomic E-state index is -0.171. The number of rotatable bonds is 3. The van der Waals surface area contributed by atoms with Crippen LogP contribution in [0.15, 0.2) is 6.33 Å². The fourth-order valence-electron chi connectivity index (χ4n) is 1.63. The van der Waals surface area contributed by atoms with E-state index >= 15 is 0 Å². The Kier molecular flexibility index (Phi) is 2.84. The normalized spacial score (nSPS) is 12.9. The fourth-order valence-corrected chi connectivity index (χ4v) is 1.94. The third-order valence-corrected chi connectivity index (χ3v) is 2.71. The van der Waals surface area contributed by atoms with Crippen molar-refractivity contribution in [3.63, 3.8) is 0 Å². The van der Waals surface area contributed by atoms with Crippen molar-refractivity contribution >= 4 is 12.2 Å². The summed E-state index contributed by atoms with van der Waals surface area (Å²) in [6, 6.07) is -0.124. The van der Waals surface area contributed by atoms with Gasteiger partial charge in [0.2, 0.25) is 0 Å². The van der Waals surface area contributed by atoms with E-state index in [4.69, 9.17) is 17.3 Å². The first-order chi connectivity index (χ1) is 7.65. The minimum Gasteiger partial charge on any atom is -0.388 e. The predicted molar refractivity (Wildman–Crippen MR) is 58.2 cm³/mol. The molecule has 0 spiro atoms. The molecule has 0 bridgehead atoms. The third kappa shape index (κ3) is 1.65. The Labute approximate surface area is 96.8 Å². The Balaban J connectivity index is 2.49. The van der Waals surface area contributed by atoms with E-state index in [1.807, 2.05) is 14.0 Å². The van der Waals surface area contributed by atoms with Crippen LogP contribution in [0.25, 0.3) is 0 Å². The van der Waals surface area contributed by atoms with Crippen LogP contribution in [0.2, 0.25) is 0 Å². The summed E-state index contributed by atoms with van der Waals surface area (Å²) in [5.41, 5.74) is 0. The summed E-state index contributed by atoms with van der Waals surface area (Å²) in [6.07, 6.45) is 1.62. The zero-order chi connectivity index (χ0) is 11.7. The van der Waals surface area contributed by atoms with Gasteiger partial charge < -0.3 is 9.67 Å². The lowest BCUT2D eigenvalue weighted by molar-refractivity contribution is 0.262. The number of nitrogens with zero attached hydrogens (tertiary/aromatic N) is 5. The highest BCUT2D eigenvalue weighted by Gasteiger charge is 2.17. The number of H-pyrrole nitrogens is 1. The maximum Gasteiger partial charge on any atom is 0.195 e. The first kappa shape index (κ1) is 11.0. The van der Waals surface area contributed by atoms with Crippen molar-refractivity contribution in [3.05, 3.63) is 22.7 Å². The average Bonchev–Trinajstić information content (AvgIpc) is 2.83. The highest BCUT2D eigenvalue weighted by molar-refractivity contribution is 7.71. The predicted octanol–water partition coefficient (Wildman–Crippen LogP) is 0.171. The Morgan fingerprint density at radius 2 is 2.38 bits per heavy atom. The maximum atomic E-state index is 9.16. The second-order valence-electron chi connectivity index (χ2n) is 3.45. The van der Waals surface area contributed by atoms with Gasteiger partial charge in [0.05, 0.1) is 6.04 Å². The Morgan fingerprint density at radius 3 is 2.94 bits per heavy atom. The van der Waals surface area contributed by atoms with Crippen LogP contribution < -0.4 is 0 Å². The SMILES string of the molecule is CC(c1nncn1C)n1c(CO)n[nH]c1=S. The van der Waals surface area contributed by atoms with Gasteiger partial charge in [0, 0.05) is 7.05 Å². The molecule has 1 unspecified atom stereocenters. The van der Waals surface area contributed by atoms with Gasteiger partial charge in [0.1, 0.15) is 12.9 Å². The van der Waals surface area contributed by atoms with Crippen molar-refractivity contribution in [2.24, 2.45) is 7.05 Å². The number of aliphatic hydroxyl groups excluding tert-OH is 1. The number of aromatic amines is 1. The van der Waals surface area contributed by atoms with Crippen molar-refractivity contribution in [1.82, 2.24) is 29.5 Å². The molecule has 0 amide bonds. The molecule has 0 aliphatic rings. The van der Waals surface area contributed by atoms with E-state index in [0.717, 1.165) is 5.82 Å². The number of aryl methyl sites for hydroxylation is 1. The van der Waals surface area contributed by atoms with E-state index in [2.05, 4.69) is 20.4 Å². The first-order valence-corrected chi connectivity index (χ1v) is 5.16. The van der Waals surface area contributed by atoms with Gasteiger partial charge in [0.25, 0.3) is 0 Å². The molecule has 0 saturated carbocycles. The summed E-state index contributed by atoms with van der Waals surface area (Å²) in [6.45, 7) is 1.75. The molecule has 86 valence electrons. The molecule has 0 aliphatic heterocycles. The highest BCUT2D eigenvalue weighted by Crippen LogP contribution is 2.16. The standard InChI is InChI=1S/C8H12N6OS/c1-5(7-11-9-4-13(7)2)14-6(3-15)10-12-8(14)16/h4-5,15H,3H2,1-2H3,(H,12,16). The summed E-state index contributed by atoms with van der Waals surface area (Å²) in [5.74, 6) is 1.24. The largest absolute Gasteiger partial charge is 0.388 e. The molecule has 0 fully saturated rings. The Bertz CT molecular complexity index is 541. The van der Waals surface area contributed by atoms with Gasteiger partial charge in [-0.15, -0.1) is 10.2 Å². The van der Waals surface area contributed by atoms with Crippen LogP contribution in [0.1, 0.15) is 24.6 Å². The molecule has 2 heterocycles. The zero-order valence-corrected chi connectivity index (χ0v) is 9.77. The Hall–Kier alpha value is -1.54. The molecule has 2 aromatic rings. The van der Waals surface area contributed by atoms with Gasteiger partial charge in [-0.05, 0) is 19.1 Å². The van der Waals surface area contributed by atoms with Gasteiger partial charge in [-0.1, -0.05) is 0 Å². The zero-order valence-electron chi connectivity index (χ0n) is 8.95. The van der Waals surface area contributed by atoms with Gasteiger partial charge >= 0.3 is 0 Å². The van der Waals surface area contributed by atoms with E-state index in [0.29, 0.717) is 10.6 Å². The van der Waals surface area contributed by atoms with Crippen molar-refractivity contribution in [3.8, 4) is 0 Å². The van der Waals surface area contributed by atoms with Gasteiger partial charge in [0.15, 0.2) is 16.4 Å². The first-order valence-electron chi connectivity index (χ1n) is 4.75. The second kappa shape index (κ2) is 4.14. The van der Waals surface area contributed by atoms with Crippen LogP contribution >= 0.6 is 12.2 Å². The molecule has 2 N–H and O–H groups in total. The van der Waals surface area contributed by atoms with Crippen molar-refractivity contribution < 1.29 is 5.11 Å². The molecule has 7 nitrogen and oxygen atoms in total. The lowest BCUT2D eigenvalue weighted by Gasteiger charge is -2.13. The van der Waals surface area contributed by atoms with Crippen LogP contribution in [0.3, 0.4) is 0 Å². The van der Waals surface area contributed by atoms with E-state index in [1.165, 1.54) is 0 Å². The lowest BCUT2D eigenvalue weighted by atomic mass is 10.3. The molecule has 1 atom stereocenters. The Morgan fingerprint density at radius 1 is 1.62 bits per heavy atom. The second-order valence-corrected chi connectivity index (χ2v) is 3.84. The van der Waals surface area contributed by atoms with Crippen LogP contribution in [-0.2, 0) is 13.7 Å². The number of nitrogens with one attached hydrogen (secondary N) is 1. The smallest absolute Gasteiger partial charge is 0.195 e. The number of aromatic nitrogens is 6. The molecule has 8 heteroatoms. The molecule has 16 heavy (non-hydrogen) atoms. The molecule has 2 aromatic heterocycles. The summed E-state index contributed by atoms with van der Waals surface area (Å²) >= 11 is 5.11. The molecular weight excluding hydrogens is 228 g/mol. The third-order valence-electron chi connectivity index (χ3n) is 2.43. The molecule has 2 rings (SSSR count). The van der Waals surface area contributed by atoms with Crippen LogP contribution in [0, 0.1) is 4.77 Å². The number of hydrogen-bond acceptors (Lipinski definition) is 5. The molecule has 0 aliphatic carbocycles. The van der Waals surface area contributed by atoms with Gasteiger partial charge in [-0.3, -0.25) is 9.67 Å². The molecule has 0 aromatic carbocycles. The van der Waals surface area contributed by atoms with Crippen LogP contribution in [0.4, 0.5) is 0 Å². The minimum absolute atomic E-state index is 0.124. The van der Waals surface area contributed by atoms with Gasteiger partial charge in [-0.25, -0.2) is 0 Å². The molecule has 0 radical (unpaired) electrons. The van der Waals surface area contributed by atoms with Gasteiger partial charge in [-0.2, -0.15) is 5.10 Å². The maximum absolute atomic E-state index is 9.16. The quantitative estimate of drug-likeness (QED) is 0.747. The number of aliphatic hydroxyl groups is 1. The van der Waals surface area contributed by atoms with E-state index in [9.17, 15) is 0 Å². The lowest BCUT2D eigenvalue weighted by Crippen LogP contribution is -2.15. The fraction of sp³-hybridized carbons (Fsp3) is 0.500. The van der Waals surface area contributed by atoms with E-state index in [1.54, 1.807) is 15.5 Å².